The molecule has 1 heterocycles. The van der Waals surface area contributed by atoms with E-state index in [1.54, 1.807) is 0 Å². The van der Waals surface area contributed by atoms with Gasteiger partial charge >= 0.3 is 0 Å². The fourth-order valence-electron chi connectivity index (χ4n) is 3.38. The normalized spacial score (nSPS) is 31.4. The Bertz CT molecular complexity index is 353. The molecule has 1 nitrogen and oxygen atoms in total. The van der Waals surface area contributed by atoms with Crippen molar-refractivity contribution in [3.05, 3.63) is 20.8 Å². The van der Waals surface area contributed by atoms with E-state index in [9.17, 15) is 0 Å². The van der Waals surface area contributed by atoms with Crippen LogP contribution in [0.4, 0.5) is 0 Å². The van der Waals surface area contributed by atoms with Crippen molar-refractivity contribution in [3.8, 4) is 0 Å². The molecule has 0 radical (unpaired) electrons. The summed E-state index contributed by atoms with van der Waals surface area (Å²) in [5.41, 5.74) is 0. The molecule has 3 atom stereocenters. The Morgan fingerprint density at radius 3 is 2.41 bits per heavy atom. The third kappa shape index (κ3) is 3.33. The van der Waals surface area contributed by atoms with Crippen LogP contribution in [0.3, 0.4) is 0 Å². The number of halogens is 1. The molecular weight excluding hydrogens is 294 g/mol. The molecule has 1 aliphatic carbocycles. The predicted octanol–water partition coefficient (Wildman–Crippen LogP) is 4.84. The molecule has 17 heavy (non-hydrogen) atoms. The van der Waals surface area contributed by atoms with Crippen molar-refractivity contribution in [2.45, 2.75) is 39.2 Å². The van der Waals surface area contributed by atoms with E-state index in [-0.39, 0.29) is 0 Å². The molecule has 0 bridgehead atoms. The lowest BCUT2D eigenvalue weighted by atomic mass is 9.73. The average molecular weight is 316 g/mol. The lowest BCUT2D eigenvalue weighted by molar-refractivity contribution is 0.182. The maximum absolute atomic E-state index is 3.56. The second-order valence-corrected chi connectivity index (χ2v) is 7.47. The molecular formula is C14H22BrNS. The van der Waals surface area contributed by atoms with E-state index in [1.807, 2.05) is 11.3 Å². The van der Waals surface area contributed by atoms with Gasteiger partial charge in [0.15, 0.2) is 0 Å². The van der Waals surface area contributed by atoms with E-state index in [0.29, 0.717) is 6.04 Å². The smallest absolute Gasteiger partial charge is 0.0441 e. The van der Waals surface area contributed by atoms with Crippen LogP contribution in [0.1, 0.15) is 44.0 Å². The molecule has 0 saturated heterocycles. The molecule has 1 saturated carbocycles. The van der Waals surface area contributed by atoms with E-state index >= 15 is 0 Å². The van der Waals surface area contributed by atoms with Gasteiger partial charge in [-0.15, -0.1) is 11.3 Å². The Balaban J connectivity index is 2.12. The highest BCUT2D eigenvalue weighted by atomic mass is 79.9. The van der Waals surface area contributed by atoms with Gasteiger partial charge in [-0.2, -0.15) is 0 Å². The van der Waals surface area contributed by atoms with Gasteiger partial charge in [0.2, 0.25) is 0 Å². The molecule has 1 aromatic heterocycles. The van der Waals surface area contributed by atoms with Gasteiger partial charge in [0, 0.05) is 20.8 Å². The molecule has 96 valence electrons. The van der Waals surface area contributed by atoms with Crippen molar-refractivity contribution >= 4 is 27.3 Å². The summed E-state index contributed by atoms with van der Waals surface area (Å²) in [7, 11) is 2.10. The molecule has 0 aliphatic heterocycles. The largest absolute Gasteiger partial charge is 0.312 e. The van der Waals surface area contributed by atoms with Crippen molar-refractivity contribution in [1.82, 2.24) is 5.32 Å². The van der Waals surface area contributed by atoms with Gasteiger partial charge in [0.25, 0.3) is 0 Å². The summed E-state index contributed by atoms with van der Waals surface area (Å²) in [6, 6.07) is 2.81. The second kappa shape index (κ2) is 5.85. The zero-order valence-electron chi connectivity index (χ0n) is 10.9. The Labute approximate surface area is 117 Å². The molecule has 1 aliphatic rings. The quantitative estimate of drug-likeness (QED) is 0.841. The Kier molecular flexibility index (Phi) is 4.67. The monoisotopic (exact) mass is 315 g/mol. The maximum Gasteiger partial charge on any atom is 0.0441 e. The summed E-state index contributed by atoms with van der Waals surface area (Å²) in [5.74, 6) is 2.55. The predicted molar refractivity (Wildman–Crippen MR) is 79.5 cm³/mol. The van der Waals surface area contributed by atoms with Crippen LogP contribution in [-0.2, 0) is 0 Å². The minimum absolute atomic E-state index is 0.538. The molecule has 0 aromatic carbocycles. The summed E-state index contributed by atoms with van der Waals surface area (Å²) < 4.78 is 1.22. The van der Waals surface area contributed by atoms with E-state index < -0.39 is 0 Å². The van der Waals surface area contributed by atoms with Crippen LogP contribution in [0.25, 0.3) is 0 Å². The highest BCUT2D eigenvalue weighted by Gasteiger charge is 2.30. The summed E-state index contributed by atoms with van der Waals surface area (Å²) in [5, 5.41) is 5.72. The van der Waals surface area contributed by atoms with Crippen molar-refractivity contribution in [1.29, 1.82) is 0 Å². The topological polar surface area (TPSA) is 12.0 Å². The number of hydrogen-bond donors (Lipinski definition) is 1. The van der Waals surface area contributed by atoms with Gasteiger partial charge in [0.05, 0.1) is 0 Å². The summed E-state index contributed by atoms with van der Waals surface area (Å²) in [6.07, 6.45) is 4.14. The fourth-order valence-corrected chi connectivity index (χ4v) is 5.03. The van der Waals surface area contributed by atoms with Crippen LogP contribution in [0.5, 0.6) is 0 Å². The Hall–Kier alpha value is 0.140. The highest BCUT2D eigenvalue weighted by Crippen LogP contribution is 2.41. The van der Waals surface area contributed by atoms with Crippen LogP contribution >= 0.6 is 27.3 Å². The zero-order chi connectivity index (χ0) is 12.4. The fraction of sp³-hybridized carbons (Fsp3) is 0.714. The first-order chi connectivity index (χ1) is 8.10. The second-order valence-electron chi connectivity index (χ2n) is 5.61. The highest BCUT2D eigenvalue weighted by molar-refractivity contribution is 9.10. The van der Waals surface area contributed by atoms with Gasteiger partial charge in [0.1, 0.15) is 0 Å². The molecule has 3 unspecified atom stereocenters. The van der Waals surface area contributed by atoms with E-state index in [4.69, 9.17) is 0 Å². The van der Waals surface area contributed by atoms with Crippen LogP contribution in [-0.4, -0.2) is 7.05 Å². The molecule has 0 amide bonds. The minimum atomic E-state index is 0.538. The van der Waals surface area contributed by atoms with Crippen LogP contribution in [0.2, 0.25) is 0 Å². The van der Waals surface area contributed by atoms with E-state index in [2.05, 4.69) is 53.6 Å². The third-order valence-electron chi connectivity index (χ3n) is 3.89. The Morgan fingerprint density at radius 1 is 1.29 bits per heavy atom. The zero-order valence-corrected chi connectivity index (χ0v) is 13.3. The molecule has 1 aromatic rings. The van der Waals surface area contributed by atoms with E-state index in [1.165, 1.54) is 28.6 Å². The molecule has 0 spiro atoms. The lowest BCUT2D eigenvalue weighted by Crippen LogP contribution is -2.30. The average Bonchev–Trinajstić information content (AvgIpc) is 2.64. The van der Waals surface area contributed by atoms with Gasteiger partial charge in [-0.1, -0.05) is 13.8 Å². The van der Waals surface area contributed by atoms with Gasteiger partial charge < -0.3 is 5.32 Å². The summed E-state index contributed by atoms with van der Waals surface area (Å²) in [6.45, 7) is 4.80. The van der Waals surface area contributed by atoms with Crippen molar-refractivity contribution in [3.63, 3.8) is 0 Å². The first kappa shape index (κ1) is 13.6. The molecule has 2 rings (SSSR count). The first-order valence-corrected chi connectivity index (χ1v) is 8.18. The standard InChI is InChI=1S/C14H22BrNS/c1-9-4-10(2)6-11(5-9)14(16-3)13-7-12(15)8-17-13/h7-11,14,16H,4-6H2,1-3H3. The van der Waals surface area contributed by atoms with Crippen LogP contribution < -0.4 is 5.32 Å². The number of hydrogen-bond acceptors (Lipinski definition) is 2. The summed E-state index contributed by atoms with van der Waals surface area (Å²) >= 11 is 5.43. The Morgan fingerprint density at radius 2 is 1.94 bits per heavy atom. The molecule has 1 N–H and O–H groups in total. The SMILES string of the molecule is CNC(c1cc(Br)cs1)C1CC(C)CC(C)C1. The molecule has 1 fully saturated rings. The van der Waals surface area contributed by atoms with Crippen molar-refractivity contribution in [2.75, 3.05) is 7.05 Å². The van der Waals surface area contributed by atoms with Gasteiger partial charge in [-0.05, 0) is 66.1 Å². The van der Waals surface area contributed by atoms with Crippen molar-refractivity contribution < 1.29 is 0 Å². The van der Waals surface area contributed by atoms with Gasteiger partial charge in [-0.25, -0.2) is 0 Å². The number of rotatable bonds is 3. The van der Waals surface area contributed by atoms with Crippen LogP contribution in [0, 0.1) is 17.8 Å². The minimum Gasteiger partial charge on any atom is -0.312 e. The lowest BCUT2D eigenvalue weighted by Gasteiger charge is -2.36. The van der Waals surface area contributed by atoms with Gasteiger partial charge in [-0.3, -0.25) is 0 Å². The molecule has 3 heteroatoms. The summed E-state index contributed by atoms with van der Waals surface area (Å²) in [4.78, 5) is 1.48. The third-order valence-corrected chi connectivity index (χ3v) is 5.67. The number of nitrogens with one attached hydrogen (secondary N) is 1. The first-order valence-electron chi connectivity index (χ1n) is 6.51. The maximum atomic E-state index is 3.56. The van der Waals surface area contributed by atoms with E-state index in [0.717, 1.165) is 17.8 Å². The van der Waals surface area contributed by atoms with Crippen molar-refractivity contribution in [2.24, 2.45) is 17.8 Å². The van der Waals surface area contributed by atoms with Crippen LogP contribution in [0.15, 0.2) is 15.9 Å². The number of thiophene rings is 1.